The smallest absolute Gasteiger partial charge is 0.206 e. The third kappa shape index (κ3) is 4.36. The molecule has 0 saturated heterocycles. The number of nitrogens with zero attached hydrogens (tertiary/aromatic N) is 4. The zero-order valence-electron chi connectivity index (χ0n) is 14.7. The van der Waals surface area contributed by atoms with Crippen molar-refractivity contribution in [3.8, 4) is 11.3 Å². The fraction of sp³-hybridized carbons (Fsp3) is 0.150. The van der Waals surface area contributed by atoms with Crippen molar-refractivity contribution in [2.24, 2.45) is 10.1 Å². The van der Waals surface area contributed by atoms with E-state index in [1.165, 1.54) is 0 Å². The molecule has 0 aliphatic rings. The molecule has 6 heteroatoms. The minimum atomic E-state index is 0.569. The van der Waals surface area contributed by atoms with Gasteiger partial charge in [0.1, 0.15) is 0 Å². The molecule has 26 heavy (non-hydrogen) atoms. The lowest BCUT2D eigenvalue weighted by molar-refractivity contribution is 0.830. The van der Waals surface area contributed by atoms with Crippen LogP contribution in [-0.4, -0.2) is 21.9 Å². The number of benzene rings is 1. The largest absolute Gasteiger partial charge is 0.265 e. The Morgan fingerprint density at radius 3 is 2.69 bits per heavy atom. The molecule has 3 aromatic rings. The van der Waals surface area contributed by atoms with E-state index in [9.17, 15) is 0 Å². The van der Waals surface area contributed by atoms with Crippen molar-refractivity contribution < 1.29 is 0 Å². The molecule has 0 spiro atoms. The van der Waals surface area contributed by atoms with Crippen LogP contribution in [0.2, 0.25) is 5.02 Å². The lowest BCUT2D eigenvalue weighted by atomic mass is 10.2. The summed E-state index contributed by atoms with van der Waals surface area (Å²) >= 11 is 7.72. The number of hydrogen-bond donors (Lipinski definition) is 0. The maximum Gasteiger partial charge on any atom is 0.206 e. The Bertz CT molecular complexity index is 1020. The van der Waals surface area contributed by atoms with Gasteiger partial charge >= 0.3 is 0 Å². The summed E-state index contributed by atoms with van der Waals surface area (Å²) in [6.45, 7) is 8.43. The quantitative estimate of drug-likeness (QED) is 0.451. The minimum absolute atomic E-state index is 0.569. The second kappa shape index (κ2) is 8.25. The molecule has 0 radical (unpaired) electrons. The number of thiazole rings is 1. The minimum Gasteiger partial charge on any atom is -0.265 e. The first-order valence-electron chi connectivity index (χ1n) is 8.12. The molecule has 0 fully saturated rings. The van der Waals surface area contributed by atoms with Crippen molar-refractivity contribution >= 4 is 28.6 Å². The van der Waals surface area contributed by atoms with Crippen LogP contribution < -0.4 is 4.80 Å². The molecule has 0 atom stereocenters. The Labute approximate surface area is 161 Å². The standard InChI is InChI=1S/C20H19ClN4S/c1-14(2)12-23-20-25(24-15(3)16-7-9-22-10-8-16)19(13-26-20)17-5-4-6-18(21)11-17/h4-11,13H,1,12H2,2-3H3. The number of pyridine rings is 1. The van der Waals surface area contributed by atoms with Crippen LogP contribution in [0.25, 0.3) is 11.3 Å². The molecule has 132 valence electrons. The highest BCUT2D eigenvalue weighted by Gasteiger charge is 2.09. The molecular formula is C20H19ClN4S. The average molecular weight is 383 g/mol. The maximum atomic E-state index is 6.17. The lowest BCUT2D eigenvalue weighted by Gasteiger charge is -2.06. The van der Waals surface area contributed by atoms with Crippen LogP contribution in [-0.2, 0) is 0 Å². The van der Waals surface area contributed by atoms with Crippen LogP contribution in [0, 0.1) is 0 Å². The van der Waals surface area contributed by atoms with Gasteiger partial charge in [0.2, 0.25) is 4.80 Å². The first-order chi connectivity index (χ1) is 12.5. The summed E-state index contributed by atoms with van der Waals surface area (Å²) in [7, 11) is 0. The van der Waals surface area contributed by atoms with Crippen LogP contribution >= 0.6 is 22.9 Å². The van der Waals surface area contributed by atoms with Gasteiger partial charge in [-0.25, -0.2) is 4.68 Å². The summed E-state index contributed by atoms with van der Waals surface area (Å²) in [6.07, 6.45) is 3.52. The molecule has 2 aromatic heterocycles. The third-order valence-electron chi connectivity index (χ3n) is 3.64. The van der Waals surface area contributed by atoms with E-state index >= 15 is 0 Å². The van der Waals surface area contributed by atoms with Crippen molar-refractivity contribution in [3.63, 3.8) is 0 Å². The molecule has 0 N–H and O–H groups in total. The predicted octanol–water partition coefficient (Wildman–Crippen LogP) is 5.01. The molecule has 0 unspecified atom stereocenters. The molecule has 1 aromatic carbocycles. The fourth-order valence-electron chi connectivity index (χ4n) is 2.35. The van der Waals surface area contributed by atoms with E-state index in [2.05, 4.69) is 16.6 Å². The van der Waals surface area contributed by atoms with Crippen molar-refractivity contribution in [3.05, 3.63) is 81.7 Å². The highest BCUT2D eigenvalue weighted by molar-refractivity contribution is 7.07. The van der Waals surface area contributed by atoms with Crippen molar-refractivity contribution in [2.45, 2.75) is 13.8 Å². The van der Waals surface area contributed by atoms with Gasteiger partial charge in [0.05, 0.1) is 18.0 Å². The van der Waals surface area contributed by atoms with Crippen LogP contribution in [0.1, 0.15) is 19.4 Å². The van der Waals surface area contributed by atoms with Gasteiger partial charge in [-0.1, -0.05) is 35.9 Å². The van der Waals surface area contributed by atoms with E-state index in [1.54, 1.807) is 23.7 Å². The first-order valence-corrected chi connectivity index (χ1v) is 9.37. The van der Waals surface area contributed by atoms with Crippen LogP contribution in [0.5, 0.6) is 0 Å². The topological polar surface area (TPSA) is 42.5 Å². The SMILES string of the molecule is C=C(C)CN=c1scc(-c2cccc(Cl)c2)n1N=C(C)c1ccncc1. The second-order valence-electron chi connectivity index (χ2n) is 5.92. The monoisotopic (exact) mass is 382 g/mol. The fourth-order valence-corrected chi connectivity index (χ4v) is 3.38. The van der Waals surface area contributed by atoms with Crippen molar-refractivity contribution in [1.29, 1.82) is 0 Å². The summed E-state index contributed by atoms with van der Waals surface area (Å²) in [5.41, 5.74) is 4.85. The zero-order valence-corrected chi connectivity index (χ0v) is 16.3. The van der Waals surface area contributed by atoms with Gasteiger partial charge in [0.25, 0.3) is 0 Å². The molecule has 2 heterocycles. The van der Waals surface area contributed by atoms with Gasteiger partial charge in [-0.3, -0.25) is 9.98 Å². The Morgan fingerprint density at radius 2 is 2.00 bits per heavy atom. The van der Waals surface area contributed by atoms with E-state index in [4.69, 9.17) is 16.7 Å². The second-order valence-corrected chi connectivity index (χ2v) is 7.19. The van der Waals surface area contributed by atoms with Crippen molar-refractivity contribution in [2.75, 3.05) is 6.54 Å². The summed E-state index contributed by atoms with van der Waals surface area (Å²) in [4.78, 5) is 9.53. The van der Waals surface area contributed by atoms with E-state index in [-0.39, 0.29) is 0 Å². The first kappa shape index (κ1) is 18.3. The Morgan fingerprint density at radius 1 is 1.23 bits per heavy atom. The molecule has 0 aliphatic carbocycles. The maximum absolute atomic E-state index is 6.17. The molecule has 0 aliphatic heterocycles. The van der Waals surface area contributed by atoms with Gasteiger partial charge in [-0.05, 0) is 38.1 Å². The van der Waals surface area contributed by atoms with Gasteiger partial charge in [-0.15, -0.1) is 11.3 Å². The van der Waals surface area contributed by atoms with Gasteiger partial charge in [0.15, 0.2) is 0 Å². The van der Waals surface area contributed by atoms with Crippen LogP contribution in [0.3, 0.4) is 0 Å². The Kier molecular flexibility index (Phi) is 5.81. The normalized spacial score (nSPS) is 12.4. The molecule has 0 amide bonds. The number of aromatic nitrogens is 2. The number of rotatable bonds is 5. The van der Waals surface area contributed by atoms with Gasteiger partial charge in [-0.2, -0.15) is 5.10 Å². The van der Waals surface area contributed by atoms with E-state index in [1.807, 2.05) is 60.3 Å². The average Bonchev–Trinajstić information content (AvgIpc) is 3.03. The van der Waals surface area contributed by atoms with Crippen LogP contribution in [0.15, 0.2) is 76.4 Å². The highest BCUT2D eigenvalue weighted by atomic mass is 35.5. The summed E-state index contributed by atoms with van der Waals surface area (Å²) in [6, 6.07) is 11.6. The molecule has 0 bridgehead atoms. The van der Waals surface area contributed by atoms with E-state index < -0.39 is 0 Å². The van der Waals surface area contributed by atoms with E-state index in [0.717, 1.165) is 32.9 Å². The van der Waals surface area contributed by atoms with Crippen LogP contribution in [0.4, 0.5) is 0 Å². The molecule has 4 nitrogen and oxygen atoms in total. The summed E-state index contributed by atoms with van der Waals surface area (Å²) in [5, 5.41) is 7.56. The number of halogens is 1. The number of hydrogen-bond acceptors (Lipinski definition) is 4. The van der Waals surface area contributed by atoms with Gasteiger partial charge < -0.3 is 0 Å². The molecular weight excluding hydrogens is 364 g/mol. The summed E-state index contributed by atoms with van der Waals surface area (Å²) in [5.74, 6) is 0. The third-order valence-corrected chi connectivity index (χ3v) is 4.73. The highest BCUT2D eigenvalue weighted by Crippen LogP contribution is 2.23. The Hall–Kier alpha value is -2.50. The predicted molar refractivity (Wildman–Crippen MR) is 110 cm³/mol. The van der Waals surface area contributed by atoms with Crippen molar-refractivity contribution in [1.82, 2.24) is 9.66 Å². The molecule has 0 saturated carbocycles. The Balaban J connectivity index is 2.15. The lowest BCUT2D eigenvalue weighted by Crippen LogP contribution is -2.15. The van der Waals surface area contributed by atoms with E-state index in [0.29, 0.717) is 11.6 Å². The summed E-state index contributed by atoms with van der Waals surface area (Å²) < 4.78 is 1.87. The zero-order chi connectivity index (χ0) is 18.5. The molecule has 3 rings (SSSR count). The van der Waals surface area contributed by atoms with Gasteiger partial charge in [0, 0.05) is 33.9 Å².